The minimum Gasteiger partial charge on any atom is -0.367 e. The maximum atomic E-state index is 2.49. The lowest BCUT2D eigenvalue weighted by atomic mass is 10.1. The summed E-state index contributed by atoms with van der Waals surface area (Å²) < 4.78 is 0. The van der Waals surface area contributed by atoms with Crippen LogP contribution >= 0.6 is 0 Å². The fourth-order valence-electron chi connectivity index (χ4n) is 3.13. The van der Waals surface area contributed by atoms with Gasteiger partial charge in [-0.05, 0) is 40.5 Å². The largest absolute Gasteiger partial charge is 0.367 e. The predicted molar refractivity (Wildman–Crippen MR) is 85.1 cm³/mol. The molecule has 0 aliphatic carbocycles. The average Bonchev–Trinajstić information content (AvgIpc) is 2.91. The van der Waals surface area contributed by atoms with Crippen LogP contribution in [0.2, 0.25) is 0 Å². The monoisotopic (exact) mass is 259 g/mol. The number of rotatable bonds is 2. The summed E-state index contributed by atoms with van der Waals surface area (Å²) in [5.41, 5.74) is 4.27. The summed E-state index contributed by atoms with van der Waals surface area (Å²) in [6.45, 7) is 2.13. The Morgan fingerprint density at radius 1 is 0.800 bits per heavy atom. The van der Waals surface area contributed by atoms with Crippen LogP contribution in [0.3, 0.4) is 0 Å². The minimum absolute atomic E-state index is 1.00. The van der Waals surface area contributed by atoms with E-state index < -0.39 is 0 Å². The standard InChI is InChI=1S/C19H17N/c1-2-7-18-13-15(9-10-16(18)5-1)14-20-12-11-17-6-3-4-8-19(17)20/h1-10,13H,11-12,14H2. The highest BCUT2D eigenvalue weighted by atomic mass is 15.1. The second kappa shape index (κ2) is 4.68. The topological polar surface area (TPSA) is 3.24 Å². The van der Waals surface area contributed by atoms with Gasteiger partial charge in [-0.25, -0.2) is 0 Å². The summed E-state index contributed by atoms with van der Waals surface area (Å²) in [5.74, 6) is 0. The van der Waals surface area contributed by atoms with Gasteiger partial charge >= 0.3 is 0 Å². The number of hydrogen-bond acceptors (Lipinski definition) is 1. The van der Waals surface area contributed by atoms with Crippen LogP contribution in [-0.4, -0.2) is 6.54 Å². The predicted octanol–water partition coefficient (Wildman–Crippen LogP) is 4.40. The average molecular weight is 259 g/mol. The van der Waals surface area contributed by atoms with Crippen molar-refractivity contribution in [2.75, 3.05) is 11.4 Å². The van der Waals surface area contributed by atoms with Gasteiger partial charge in [-0.15, -0.1) is 0 Å². The van der Waals surface area contributed by atoms with Crippen LogP contribution < -0.4 is 4.90 Å². The number of para-hydroxylation sites is 1. The molecule has 0 unspecified atom stereocenters. The van der Waals surface area contributed by atoms with E-state index >= 15 is 0 Å². The summed E-state index contributed by atoms with van der Waals surface area (Å²) in [7, 11) is 0. The van der Waals surface area contributed by atoms with Crippen molar-refractivity contribution in [3.8, 4) is 0 Å². The van der Waals surface area contributed by atoms with Gasteiger partial charge in [-0.1, -0.05) is 54.6 Å². The van der Waals surface area contributed by atoms with Gasteiger partial charge in [0.25, 0.3) is 0 Å². The fourth-order valence-corrected chi connectivity index (χ4v) is 3.13. The van der Waals surface area contributed by atoms with E-state index in [1.807, 2.05) is 0 Å². The first-order valence-electron chi connectivity index (χ1n) is 7.21. The van der Waals surface area contributed by atoms with E-state index in [2.05, 4.69) is 71.6 Å². The zero-order valence-corrected chi connectivity index (χ0v) is 11.4. The van der Waals surface area contributed by atoms with Crippen molar-refractivity contribution < 1.29 is 0 Å². The molecular weight excluding hydrogens is 242 g/mol. The Labute approximate surface area is 119 Å². The molecule has 0 spiro atoms. The maximum Gasteiger partial charge on any atom is 0.0429 e. The molecule has 0 N–H and O–H groups in total. The Balaban J connectivity index is 1.65. The van der Waals surface area contributed by atoms with Crippen molar-refractivity contribution in [2.24, 2.45) is 0 Å². The molecule has 3 aromatic carbocycles. The van der Waals surface area contributed by atoms with Crippen LogP contribution in [0, 0.1) is 0 Å². The van der Waals surface area contributed by atoms with E-state index in [9.17, 15) is 0 Å². The Morgan fingerprint density at radius 2 is 1.60 bits per heavy atom. The van der Waals surface area contributed by atoms with Crippen molar-refractivity contribution >= 4 is 16.5 Å². The molecule has 0 bridgehead atoms. The number of benzene rings is 3. The smallest absolute Gasteiger partial charge is 0.0429 e. The first-order valence-corrected chi connectivity index (χ1v) is 7.21. The van der Waals surface area contributed by atoms with Gasteiger partial charge < -0.3 is 4.90 Å². The third-order valence-electron chi connectivity index (χ3n) is 4.17. The Hall–Kier alpha value is -2.28. The van der Waals surface area contributed by atoms with Crippen molar-refractivity contribution in [3.63, 3.8) is 0 Å². The van der Waals surface area contributed by atoms with Crippen LogP contribution in [0.5, 0.6) is 0 Å². The second-order valence-electron chi connectivity index (χ2n) is 5.48. The highest BCUT2D eigenvalue weighted by molar-refractivity contribution is 5.83. The van der Waals surface area contributed by atoms with E-state index in [4.69, 9.17) is 0 Å². The number of fused-ring (bicyclic) bond motifs is 2. The van der Waals surface area contributed by atoms with E-state index in [0.717, 1.165) is 13.1 Å². The van der Waals surface area contributed by atoms with E-state index in [0.29, 0.717) is 0 Å². The molecule has 1 heterocycles. The van der Waals surface area contributed by atoms with E-state index in [1.54, 1.807) is 0 Å². The highest BCUT2D eigenvalue weighted by Crippen LogP contribution is 2.29. The van der Waals surface area contributed by atoms with Crippen LogP contribution in [0.4, 0.5) is 5.69 Å². The van der Waals surface area contributed by atoms with Crippen molar-refractivity contribution in [1.29, 1.82) is 0 Å². The number of nitrogens with zero attached hydrogens (tertiary/aromatic N) is 1. The molecule has 1 heteroatoms. The van der Waals surface area contributed by atoms with Crippen molar-refractivity contribution in [3.05, 3.63) is 77.9 Å². The molecule has 0 saturated carbocycles. The van der Waals surface area contributed by atoms with Crippen LogP contribution in [0.1, 0.15) is 11.1 Å². The maximum absolute atomic E-state index is 2.49. The van der Waals surface area contributed by atoms with E-state index in [-0.39, 0.29) is 0 Å². The lowest BCUT2D eigenvalue weighted by Crippen LogP contribution is -2.19. The molecule has 0 amide bonds. The third-order valence-corrected chi connectivity index (χ3v) is 4.17. The molecule has 0 saturated heterocycles. The lowest BCUT2D eigenvalue weighted by Gasteiger charge is -2.19. The van der Waals surface area contributed by atoms with Gasteiger partial charge in [0.05, 0.1) is 0 Å². The van der Waals surface area contributed by atoms with Crippen LogP contribution in [0.15, 0.2) is 66.7 Å². The number of hydrogen-bond donors (Lipinski definition) is 0. The summed E-state index contributed by atoms with van der Waals surface area (Å²) in [6.07, 6.45) is 1.17. The molecule has 1 nitrogen and oxygen atoms in total. The van der Waals surface area contributed by atoms with Crippen LogP contribution in [0.25, 0.3) is 10.8 Å². The molecule has 4 rings (SSSR count). The fraction of sp³-hybridized carbons (Fsp3) is 0.158. The zero-order chi connectivity index (χ0) is 13.4. The summed E-state index contributed by atoms with van der Waals surface area (Å²) >= 11 is 0. The molecule has 98 valence electrons. The molecule has 0 aromatic heterocycles. The Kier molecular flexibility index (Phi) is 2.70. The van der Waals surface area contributed by atoms with Gasteiger partial charge in [-0.3, -0.25) is 0 Å². The molecule has 1 aliphatic heterocycles. The normalized spacial score (nSPS) is 13.7. The lowest BCUT2D eigenvalue weighted by molar-refractivity contribution is 0.837. The molecule has 3 aromatic rings. The third kappa shape index (κ3) is 1.96. The molecule has 0 radical (unpaired) electrons. The molecule has 0 atom stereocenters. The number of anilines is 1. The quantitative estimate of drug-likeness (QED) is 0.659. The van der Waals surface area contributed by atoms with Crippen LogP contribution in [-0.2, 0) is 13.0 Å². The van der Waals surface area contributed by atoms with Gasteiger partial charge in [-0.2, -0.15) is 0 Å². The van der Waals surface area contributed by atoms with Crippen molar-refractivity contribution in [2.45, 2.75) is 13.0 Å². The summed E-state index contributed by atoms with van der Waals surface area (Å²) in [4.78, 5) is 2.49. The Morgan fingerprint density at radius 3 is 2.55 bits per heavy atom. The van der Waals surface area contributed by atoms with Gasteiger partial charge in [0.1, 0.15) is 0 Å². The first-order chi connectivity index (χ1) is 9.90. The van der Waals surface area contributed by atoms with Crippen molar-refractivity contribution in [1.82, 2.24) is 0 Å². The molecule has 1 aliphatic rings. The summed E-state index contributed by atoms with van der Waals surface area (Å²) in [6, 6.07) is 24.1. The molecule has 0 fully saturated rings. The van der Waals surface area contributed by atoms with Gasteiger partial charge in [0.15, 0.2) is 0 Å². The summed E-state index contributed by atoms with van der Waals surface area (Å²) in [5, 5.41) is 2.65. The minimum atomic E-state index is 1.00. The highest BCUT2D eigenvalue weighted by Gasteiger charge is 2.18. The van der Waals surface area contributed by atoms with Gasteiger partial charge in [0, 0.05) is 18.8 Å². The first kappa shape index (κ1) is 11.5. The van der Waals surface area contributed by atoms with Gasteiger partial charge in [0.2, 0.25) is 0 Å². The van der Waals surface area contributed by atoms with E-state index in [1.165, 1.54) is 34.0 Å². The SMILES string of the molecule is c1ccc2c(c1)CCN2Cc1ccc2ccccc2c1. The second-order valence-corrected chi connectivity index (χ2v) is 5.48. The molecular formula is C19H17N. The zero-order valence-electron chi connectivity index (χ0n) is 11.4. The Bertz CT molecular complexity index is 760. The molecule has 20 heavy (non-hydrogen) atoms.